The third kappa shape index (κ3) is 4.35. The first-order valence-electron chi connectivity index (χ1n) is 10.8. The Hall–Kier alpha value is -3.29. The molecule has 4 aromatic rings. The summed E-state index contributed by atoms with van der Waals surface area (Å²) >= 11 is 1.48. The number of aromatic nitrogens is 3. The van der Waals surface area contributed by atoms with Gasteiger partial charge in [-0.2, -0.15) is 5.10 Å². The number of hydrogen-bond donors (Lipinski definition) is 0. The van der Waals surface area contributed by atoms with Crippen LogP contribution < -0.4 is 0 Å². The number of piperazine rings is 1. The van der Waals surface area contributed by atoms with E-state index in [1.165, 1.54) is 16.9 Å². The van der Waals surface area contributed by atoms with Crippen molar-refractivity contribution in [2.45, 2.75) is 19.5 Å². The van der Waals surface area contributed by atoms with E-state index in [0.717, 1.165) is 35.9 Å². The predicted octanol–water partition coefficient (Wildman–Crippen LogP) is 4.34. The maximum absolute atomic E-state index is 13.2. The number of benzene rings is 2. The van der Waals surface area contributed by atoms with E-state index in [1.807, 2.05) is 57.6 Å². The number of carbonyl (C=O) groups excluding carboxylic acids is 1. The molecule has 1 atom stereocenters. The molecule has 162 valence electrons. The lowest BCUT2D eigenvalue weighted by Crippen LogP contribution is -2.53. The Balaban J connectivity index is 1.25. The average molecular weight is 444 g/mol. The van der Waals surface area contributed by atoms with Crippen LogP contribution in [0.15, 0.2) is 78.4 Å². The number of amides is 1. The van der Waals surface area contributed by atoms with E-state index in [2.05, 4.69) is 46.2 Å². The zero-order chi connectivity index (χ0) is 21.9. The van der Waals surface area contributed by atoms with E-state index in [1.54, 1.807) is 6.20 Å². The number of nitrogens with zero attached hydrogens (tertiary/aromatic N) is 5. The number of para-hydroxylation sites is 1. The Bertz CT molecular complexity index is 1190. The first-order chi connectivity index (χ1) is 15.7. The van der Waals surface area contributed by atoms with Crippen LogP contribution in [-0.2, 0) is 6.54 Å². The van der Waals surface area contributed by atoms with Crippen LogP contribution >= 0.6 is 11.3 Å². The van der Waals surface area contributed by atoms with Crippen LogP contribution in [0.5, 0.6) is 0 Å². The second kappa shape index (κ2) is 9.06. The lowest BCUT2D eigenvalue weighted by molar-refractivity contribution is 0.0471. The first kappa shape index (κ1) is 20.6. The molecule has 5 rings (SSSR count). The minimum absolute atomic E-state index is 0.00909. The summed E-state index contributed by atoms with van der Waals surface area (Å²) in [4.78, 5) is 22.2. The normalized spacial score (nSPS) is 16.9. The van der Waals surface area contributed by atoms with E-state index in [4.69, 9.17) is 0 Å². The van der Waals surface area contributed by atoms with Crippen LogP contribution in [0.4, 0.5) is 0 Å². The van der Waals surface area contributed by atoms with Gasteiger partial charge in [0.1, 0.15) is 10.7 Å². The summed E-state index contributed by atoms with van der Waals surface area (Å²) in [7, 11) is 0. The van der Waals surface area contributed by atoms with Crippen molar-refractivity contribution in [1.29, 1.82) is 0 Å². The van der Waals surface area contributed by atoms with E-state index < -0.39 is 0 Å². The first-order valence-corrected chi connectivity index (χ1v) is 11.7. The van der Waals surface area contributed by atoms with E-state index in [0.29, 0.717) is 12.2 Å². The summed E-state index contributed by atoms with van der Waals surface area (Å²) in [6, 6.07) is 20.6. The molecule has 1 saturated heterocycles. The van der Waals surface area contributed by atoms with Crippen molar-refractivity contribution < 1.29 is 4.79 Å². The molecule has 1 fully saturated rings. The number of rotatable bonds is 5. The van der Waals surface area contributed by atoms with Gasteiger partial charge in [0, 0.05) is 49.4 Å². The lowest BCUT2D eigenvalue weighted by Gasteiger charge is -2.39. The van der Waals surface area contributed by atoms with Crippen LogP contribution in [0.3, 0.4) is 0 Å². The zero-order valence-corrected chi connectivity index (χ0v) is 18.8. The largest absolute Gasteiger partial charge is 0.332 e. The number of carbonyl (C=O) groups is 1. The Morgan fingerprint density at radius 3 is 2.56 bits per heavy atom. The second-order valence-corrected chi connectivity index (χ2v) is 8.97. The fraction of sp³-hybridized carbons (Fsp3) is 0.240. The highest BCUT2D eigenvalue weighted by atomic mass is 32.1. The Kier molecular flexibility index (Phi) is 5.83. The molecule has 0 radical (unpaired) electrons. The molecule has 1 aliphatic rings. The van der Waals surface area contributed by atoms with Gasteiger partial charge in [-0.3, -0.25) is 9.69 Å². The van der Waals surface area contributed by atoms with Crippen molar-refractivity contribution in [3.8, 4) is 16.3 Å². The van der Waals surface area contributed by atoms with E-state index in [-0.39, 0.29) is 11.9 Å². The molecule has 0 saturated carbocycles. The monoisotopic (exact) mass is 443 g/mol. The Labute approximate surface area is 191 Å². The second-order valence-electron chi connectivity index (χ2n) is 8.12. The topological polar surface area (TPSA) is 54.3 Å². The molecule has 0 aliphatic carbocycles. The minimum Gasteiger partial charge on any atom is -0.332 e. The van der Waals surface area contributed by atoms with Crippen molar-refractivity contribution in [2.24, 2.45) is 0 Å². The molecule has 0 N–H and O–H groups in total. The maximum Gasteiger partial charge on any atom is 0.273 e. The lowest BCUT2D eigenvalue weighted by atomic mass is 10.1. The third-order valence-corrected chi connectivity index (χ3v) is 6.69. The molecule has 6 nitrogen and oxygen atoms in total. The Morgan fingerprint density at radius 1 is 1.06 bits per heavy atom. The smallest absolute Gasteiger partial charge is 0.273 e. The van der Waals surface area contributed by atoms with Crippen LogP contribution in [0.2, 0.25) is 0 Å². The van der Waals surface area contributed by atoms with Gasteiger partial charge in [-0.15, -0.1) is 11.3 Å². The average Bonchev–Trinajstić information content (AvgIpc) is 3.50. The van der Waals surface area contributed by atoms with Gasteiger partial charge in [0.2, 0.25) is 0 Å². The van der Waals surface area contributed by atoms with Crippen molar-refractivity contribution >= 4 is 17.2 Å². The molecule has 1 aliphatic heterocycles. The SMILES string of the molecule is CC1CN(Cc2ccccc2)CCN1C(=O)c1csc(-c2cnn(-c3ccccc3)c2)n1. The highest BCUT2D eigenvalue weighted by molar-refractivity contribution is 7.13. The fourth-order valence-corrected chi connectivity index (χ4v) is 4.90. The fourth-order valence-electron chi connectivity index (χ4n) is 4.13. The highest BCUT2D eigenvalue weighted by Crippen LogP contribution is 2.25. The Morgan fingerprint density at radius 2 is 1.81 bits per heavy atom. The molecule has 1 unspecified atom stereocenters. The van der Waals surface area contributed by atoms with E-state index in [9.17, 15) is 4.79 Å². The number of hydrogen-bond acceptors (Lipinski definition) is 5. The quantitative estimate of drug-likeness (QED) is 0.460. The summed E-state index contributed by atoms with van der Waals surface area (Å²) in [6.07, 6.45) is 3.75. The van der Waals surface area contributed by atoms with E-state index >= 15 is 0 Å². The molecular formula is C25H25N5OS. The molecule has 2 aromatic carbocycles. The molecule has 2 aromatic heterocycles. The predicted molar refractivity (Wildman–Crippen MR) is 127 cm³/mol. The minimum atomic E-state index is 0.00909. The van der Waals surface area contributed by atoms with Crippen LogP contribution in [0.1, 0.15) is 23.0 Å². The van der Waals surface area contributed by atoms with Crippen LogP contribution in [0.25, 0.3) is 16.3 Å². The molecule has 0 spiro atoms. The van der Waals surface area contributed by atoms with Gasteiger partial charge in [0.25, 0.3) is 5.91 Å². The van der Waals surface area contributed by atoms with Crippen LogP contribution in [0, 0.1) is 0 Å². The molecule has 32 heavy (non-hydrogen) atoms. The van der Waals surface area contributed by atoms with Gasteiger partial charge in [0.05, 0.1) is 11.9 Å². The summed E-state index contributed by atoms with van der Waals surface area (Å²) in [6.45, 7) is 5.48. The molecule has 7 heteroatoms. The van der Waals surface area contributed by atoms with Crippen molar-refractivity contribution in [3.05, 3.63) is 89.7 Å². The maximum atomic E-state index is 13.2. The van der Waals surface area contributed by atoms with Gasteiger partial charge >= 0.3 is 0 Å². The number of thiazole rings is 1. The summed E-state index contributed by atoms with van der Waals surface area (Å²) in [5, 5.41) is 7.12. The van der Waals surface area contributed by atoms with Crippen molar-refractivity contribution in [1.82, 2.24) is 24.6 Å². The van der Waals surface area contributed by atoms with Gasteiger partial charge in [-0.05, 0) is 24.6 Å². The molecule has 1 amide bonds. The van der Waals surface area contributed by atoms with Crippen LogP contribution in [-0.4, -0.2) is 56.1 Å². The van der Waals surface area contributed by atoms with Gasteiger partial charge in [-0.25, -0.2) is 9.67 Å². The molecular weight excluding hydrogens is 418 g/mol. The van der Waals surface area contributed by atoms with Gasteiger partial charge in [0.15, 0.2) is 0 Å². The van der Waals surface area contributed by atoms with Gasteiger partial charge in [-0.1, -0.05) is 48.5 Å². The summed E-state index contributed by atoms with van der Waals surface area (Å²) in [5.41, 5.74) is 3.73. The molecule has 3 heterocycles. The summed E-state index contributed by atoms with van der Waals surface area (Å²) < 4.78 is 1.83. The highest BCUT2D eigenvalue weighted by Gasteiger charge is 2.29. The van der Waals surface area contributed by atoms with Crippen molar-refractivity contribution in [2.75, 3.05) is 19.6 Å². The van der Waals surface area contributed by atoms with Gasteiger partial charge < -0.3 is 4.90 Å². The zero-order valence-electron chi connectivity index (χ0n) is 18.0. The standard InChI is InChI=1S/C25H25N5OS/c1-19-15-28(16-20-8-4-2-5-9-20)12-13-29(19)25(31)23-18-32-24(27-23)21-14-26-30(17-21)22-10-6-3-7-11-22/h2-11,14,17-19H,12-13,15-16H2,1H3. The van der Waals surface area contributed by atoms with Crippen molar-refractivity contribution in [3.63, 3.8) is 0 Å². The summed E-state index contributed by atoms with van der Waals surface area (Å²) in [5.74, 6) is 0.00909. The molecule has 0 bridgehead atoms. The third-order valence-electron chi connectivity index (χ3n) is 5.80.